The number of carboxylic acids is 1. The summed E-state index contributed by atoms with van der Waals surface area (Å²) in [5.41, 5.74) is 3.29. The second-order valence-corrected chi connectivity index (χ2v) is 7.84. The van der Waals surface area contributed by atoms with E-state index >= 15 is 0 Å². The Labute approximate surface area is 195 Å². The summed E-state index contributed by atoms with van der Waals surface area (Å²) < 4.78 is 12.3. The summed E-state index contributed by atoms with van der Waals surface area (Å²) in [4.78, 5) is 15.2. The molecule has 0 fully saturated rings. The molecule has 1 unspecified atom stereocenters. The number of halogens is 1. The number of ether oxygens (including phenoxy) is 2. The Hall–Kier alpha value is -3.56. The van der Waals surface area contributed by atoms with Crippen molar-refractivity contribution in [3.05, 3.63) is 94.2 Å². The lowest BCUT2D eigenvalue weighted by atomic mass is 10.1. The molecule has 1 atom stereocenters. The van der Waals surface area contributed by atoms with E-state index in [1.807, 2.05) is 61.5 Å². The number of carboxylic acid groups (broad SMARTS) is 1. The molecule has 1 N–H and O–H groups in total. The third-order valence-electron chi connectivity index (χ3n) is 4.48. The molecular formula is C26H22BrNO4. The Morgan fingerprint density at radius 1 is 1.19 bits per heavy atom. The molecule has 1 aromatic heterocycles. The Morgan fingerprint density at radius 2 is 1.97 bits per heavy atom. The van der Waals surface area contributed by atoms with Crippen molar-refractivity contribution in [3.63, 3.8) is 0 Å². The average molecular weight is 492 g/mol. The smallest absolute Gasteiger partial charge is 0.344 e. The Bertz CT molecular complexity index is 1160. The van der Waals surface area contributed by atoms with Gasteiger partial charge in [-0.3, -0.25) is 0 Å². The zero-order valence-electron chi connectivity index (χ0n) is 17.7. The second-order valence-electron chi connectivity index (χ2n) is 6.93. The van der Waals surface area contributed by atoms with E-state index in [0.29, 0.717) is 23.8 Å². The lowest BCUT2D eigenvalue weighted by Crippen LogP contribution is -2.23. The van der Waals surface area contributed by atoms with Crippen LogP contribution in [0.15, 0.2) is 77.4 Å². The van der Waals surface area contributed by atoms with Gasteiger partial charge in [0.2, 0.25) is 0 Å². The van der Waals surface area contributed by atoms with Crippen LogP contribution in [0.1, 0.15) is 23.7 Å². The summed E-state index contributed by atoms with van der Waals surface area (Å²) in [6, 6.07) is 18.8. The van der Waals surface area contributed by atoms with E-state index in [1.165, 1.54) is 6.92 Å². The maximum atomic E-state index is 11.0. The van der Waals surface area contributed by atoms with Crippen molar-refractivity contribution in [1.29, 1.82) is 0 Å². The van der Waals surface area contributed by atoms with Crippen molar-refractivity contribution in [2.75, 3.05) is 6.61 Å². The average Bonchev–Trinajstić information content (AvgIpc) is 2.79. The number of pyridine rings is 1. The highest BCUT2D eigenvalue weighted by atomic mass is 79.9. The lowest BCUT2D eigenvalue weighted by Gasteiger charge is -2.14. The quantitative estimate of drug-likeness (QED) is 0.440. The molecule has 2 aromatic carbocycles. The third kappa shape index (κ3) is 6.73. The fourth-order valence-corrected chi connectivity index (χ4v) is 3.01. The van der Waals surface area contributed by atoms with E-state index in [9.17, 15) is 4.79 Å². The van der Waals surface area contributed by atoms with Crippen LogP contribution in [-0.2, 0) is 4.79 Å². The number of carbonyl (C=O) groups is 1. The van der Waals surface area contributed by atoms with E-state index in [-0.39, 0.29) is 0 Å². The number of hydrogen-bond acceptors (Lipinski definition) is 4. The van der Waals surface area contributed by atoms with Crippen molar-refractivity contribution in [3.8, 4) is 23.3 Å². The van der Waals surface area contributed by atoms with Gasteiger partial charge < -0.3 is 14.6 Å². The van der Waals surface area contributed by atoms with Gasteiger partial charge in [0.05, 0.1) is 0 Å². The number of rotatable bonds is 7. The van der Waals surface area contributed by atoms with E-state index < -0.39 is 12.1 Å². The minimum absolute atomic E-state index is 0.313. The predicted octanol–water partition coefficient (Wildman–Crippen LogP) is 5.52. The van der Waals surface area contributed by atoms with Gasteiger partial charge in [0.15, 0.2) is 6.10 Å². The highest BCUT2D eigenvalue weighted by molar-refractivity contribution is 9.10. The van der Waals surface area contributed by atoms with Gasteiger partial charge in [-0.2, -0.15) is 0 Å². The van der Waals surface area contributed by atoms with Crippen LogP contribution >= 0.6 is 15.9 Å². The molecule has 5 nitrogen and oxygen atoms in total. The molecule has 6 heteroatoms. The molecule has 0 aliphatic carbocycles. The maximum Gasteiger partial charge on any atom is 0.344 e. The van der Waals surface area contributed by atoms with Crippen LogP contribution in [0.5, 0.6) is 11.5 Å². The highest BCUT2D eigenvalue weighted by Crippen LogP contribution is 2.25. The fourth-order valence-electron chi connectivity index (χ4n) is 2.74. The van der Waals surface area contributed by atoms with E-state index in [0.717, 1.165) is 21.2 Å². The van der Waals surface area contributed by atoms with E-state index in [4.69, 9.17) is 14.6 Å². The topological polar surface area (TPSA) is 68.7 Å². The molecular weight excluding hydrogens is 470 g/mol. The zero-order valence-corrected chi connectivity index (χ0v) is 19.3. The fraction of sp³-hybridized carbons (Fsp3) is 0.154. The largest absolute Gasteiger partial charge is 0.489 e. The van der Waals surface area contributed by atoms with Crippen LogP contribution in [0.25, 0.3) is 5.57 Å². The van der Waals surface area contributed by atoms with E-state index in [1.54, 1.807) is 18.3 Å². The number of hydrogen-bond donors (Lipinski definition) is 1. The Balaban J connectivity index is 1.75. The molecule has 0 saturated heterocycles. The van der Waals surface area contributed by atoms with E-state index in [2.05, 4.69) is 32.8 Å². The summed E-state index contributed by atoms with van der Waals surface area (Å²) in [5.74, 6) is 6.43. The van der Waals surface area contributed by atoms with Crippen molar-refractivity contribution < 1.29 is 19.4 Å². The maximum absolute atomic E-state index is 11.0. The standard InChI is InChI=1S/C26H22BrNO4/c1-18-17-24(12-13-25(18)32-19(2)26(29)30)31-16-14-21(20-6-9-22(27)10-7-20)8-11-23-5-3-4-15-28-23/h3-7,9-10,12-15,17,19H,16H2,1-2H3,(H,29,30)/b21-14+. The summed E-state index contributed by atoms with van der Waals surface area (Å²) >= 11 is 3.46. The normalized spacial score (nSPS) is 11.8. The summed E-state index contributed by atoms with van der Waals surface area (Å²) in [6.07, 6.45) is 2.71. The van der Waals surface area contributed by atoms with Gasteiger partial charge in [-0.1, -0.05) is 40.0 Å². The van der Waals surface area contributed by atoms with Gasteiger partial charge in [0, 0.05) is 16.2 Å². The molecule has 1 heterocycles. The van der Waals surface area contributed by atoms with Crippen molar-refractivity contribution >= 4 is 27.5 Å². The molecule has 0 spiro atoms. The Morgan fingerprint density at radius 3 is 2.62 bits per heavy atom. The molecule has 0 aliphatic heterocycles. The molecule has 32 heavy (non-hydrogen) atoms. The number of benzene rings is 2. The van der Waals surface area contributed by atoms with Crippen LogP contribution in [0, 0.1) is 18.8 Å². The monoisotopic (exact) mass is 491 g/mol. The Kier molecular flexibility index (Phi) is 8.07. The summed E-state index contributed by atoms with van der Waals surface area (Å²) in [7, 11) is 0. The lowest BCUT2D eigenvalue weighted by molar-refractivity contribution is -0.144. The van der Waals surface area contributed by atoms with Gasteiger partial charge in [0.25, 0.3) is 0 Å². The minimum Gasteiger partial charge on any atom is -0.489 e. The highest BCUT2D eigenvalue weighted by Gasteiger charge is 2.14. The first kappa shape index (κ1) is 23.1. The summed E-state index contributed by atoms with van der Waals surface area (Å²) in [5, 5.41) is 9.01. The van der Waals surface area contributed by atoms with Crippen molar-refractivity contribution in [2.45, 2.75) is 20.0 Å². The molecule has 3 rings (SSSR count). The molecule has 0 bridgehead atoms. The van der Waals surface area contributed by atoms with Gasteiger partial charge in [-0.25, -0.2) is 9.78 Å². The minimum atomic E-state index is -1.01. The zero-order chi connectivity index (χ0) is 22.9. The van der Waals surface area contributed by atoms with Crippen molar-refractivity contribution in [1.82, 2.24) is 4.98 Å². The third-order valence-corrected chi connectivity index (χ3v) is 5.01. The van der Waals surface area contributed by atoms with Crippen LogP contribution in [0.3, 0.4) is 0 Å². The molecule has 162 valence electrons. The number of aliphatic carboxylic acids is 1. The predicted molar refractivity (Wildman–Crippen MR) is 128 cm³/mol. The molecule has 0 aliphatic rings. The van der Waals surface area contributed by atoms with Gasteiger partial charge in [-0.05, 0) is 79.4 Å². The van der Waals surface area contributed by atoms with Crippen LogP contribution in [0.4, 0.5) is 0 Å². The number of nitrogens with zero attached hydrogens (tertiary/aromatic N) is 1. The molecule has 0 radical (unpaired) electrons. The van der Waals surface area contributed by atoms with Crippen LogP contribution in [-0.4, -0.2) is 28.8 Å². The summed E-state index contributed by atoms with van der Waals surface area (Å²) in [6.45, 7) is 3.65. The van der Waals surface area contributed by atoms with Gasteiger partial charge >= 0.3 is 5.97 Å². The van der Waals surface area contributed by atoms with Crippen LogP contribution in [0.2, 0.25) is 0 Å². The number of allylic oxidation sites excluding steroid dienone is 1. The van der Waals surface area contributed by atoms with Gasteiger partial charge in [0.1, 0.15) is 23.8 Å². The SMILES string of the molecule is Cc1cc(OC/C=C(\C#Cc2ccccn2)c2ccc(Br)cc2)ccc1OC(C)C(=O)O. The van der Waals surface area contributed by atoms with Crippen molar-refractivity contribution in [2.24, 2.45) is 0 Å². The molecule has 0 amide bonds. The van der Waals surface area contributed by atoms with Crippen LogP contribution < -0.4 is 9.47 Å². The molecule has 3 aromatic rings. The number of aromatic nitrogens is 1. The number of aryl methyl sites for hydroxylation is 1. The first-order valence-corrected chi connectivity index (χ1v) is 10.7. The first-order chi connectivity index (χ1) is 15.4. The first-order valence-electron chi connectivity index (χ1n) is 9.94. The molecule has 0 saturated carbocycles. The van der Waals surface area contributed by atoms with Gasteiger partial charge in [-0.15, -0.1) is 0 Å². The second kappa shape index (κ2) is 11.2.